The summed E-state index contributed by atoms with van der Waals surface area (Å²) in [6, 6.07) is 76.6. The minimum Gasteiger partial charge on any atom is -0.456 e. The third kappa shape index (κ3) is 5.51. The molecule has 11 aromatic rings. The molecule has 1 aromatic heterocycles. The molecule has 0 atom stereocenters. The fraction of sp³-hybridized carbons (Fsp3) is 0. The monoisotopic (exact) mass is 713 g/mol. The predicted octanol–water partition coefficient (Wildman–Crippen LogP) is 15.5. The van der Waals surface area contributed by atoms with E-state index in [1.54, 1.807) is 0 Å². The van der Waals surface area contributed by atoms with Crippen molar-refractivity contribution in [3.63, 3.8) is 0 Å². The Hall–Kier alpha value is -7.42. The molecular weight excluding hydrogens is 679 g/mol. The molecule has 0 spiro atoms. The molecule has 56 heavy (non-hydrogen) atoms. The first-order chi connectivity index (χ1) is 27.7. The molecule has 0 aliphatic carbocycles. The molecule has 1 heterocycles. The first-order valence-electron chi connectivity index (χ1n) is 19.2. The van der Waals surface area contributed by atoms with E-state index in [-0.39, 0.29) is 0 Å². The summed E-state index contributed by atoms with van der Waals surface area (Å²) in [4.78, 5) is 2.35. The van der Waals surface area contributed by atoms with Gasteiger partial charge >= 0.3 is 0 Å². The smallest absolute Gasteiger partial charge is 0.136 e. The van der Waals surface area contributed by atoms with Gasteiger partial charge in [0.15, 0.2) is 0 Å². The van der Waals surface area contributed by atoms with Crippen LogP contribution in [0.25, 0.3) is 87.6 Å². The van der Waals surface area contributed by atoms with Gasteiger partial charge in [0, 0.05) is 27.8 Å². The van der Waals surface area contributed by atoms with Crippen LogP contribution in [0.3, 0.4) is 0 Å². The average Bonchev–Trinajstić information content (AvgIpc) is 3.63. The van der Waals surface area contributed by atoms with Gasteiger partial charge in [-0.05, 0) is 126 Å². The van der Waals surface area contributed by atoms with Crippen molar-refractivity contribution in [1.29, 1.82) is 0 Å². The summed E-state index contributed by atoms with van der Waals surface area (Å²) >= 11 is 0. The molecule has 0 fully saturated rings. The van der Waals surface area contributed by atoms with Crippen LogP contribution in [-0.2, 0) is 0 Å². The Morgan fingerprint density at radius 1 is 0.268 bits per heavy atom. The number of nitrogens with zero attached hydrogens (tertiary/aromatic N) is 1. The van der Waals surface area contributed by atoms with Gasteiger partial charge in [-0.2, -0.15) is 0 Å². The van der Waals surface area contributed by atoms with Gasteiger partial charge in [0.05, 0.1) is 0 Å². The highest BCUT2D eigenvalue weighted by Crippen LogP contribution is 2.41. The third-order valence-corrected chi connectivity index (χ3v) is 11.2. The topological polar surface area (TPSA) is 16.4 Å². The van der Waals surface area contributed by atoms with Gasteiger partial charge in [0.1, 0.15) is 11.2 Å². The van der Waals surface area contributed by atoms with Crippen molar-refractivity contribution >= 4 is 71.3 Å². The molecule has 262 valence electrons. The number of furan rings is 1. The summed E-state index contributed by atoms with van der Waals surface area (Å²) in [5, 5.41) is 9.70. The van der Waals surface area contributed by atoms with Crippen molar-refractivity contribution in [2.45, 2.75) is 0 Å². The molecule has 0 N–H and O–H groups in total. The van der Waals surface area contributed by atoms with Crippen LogP contribution in [0.4, 0.5) is 17.1 Å². The van der Waals surface area contributed by atoms with Crippen molar-refractivity contribution in [2.75, 3.05) is 4.90 Å². The number of hydrogen-bond acceptors (Lipinski definition) is 2. The second kappa shape index (κ2) is 13.2. The molecule has 0 aliphatic rings. The number of rotatable bonds is 6. The maximum Gasteiger partial charge on any atom is 0.136 e. The van der Waals surface area contributed by atoms with Crippen LogP contribution in [0.2, 0.25) is 0 Å². The fourth-order valence-corrected chi connectivity index (χ4v) is 8.41. The Morgan fingerprint density at radius 3 is 1.52 bits per heavy atom. The Morgan fingerprint density at radius 2 is 0.804 bits per heavy atom. The minimum absolute atomic E-state index is 0.911. The fourth-order valence-electron chi connectivity index (χ4n) is 8.41. The molecule has 11 rings (SSSR count). The second-order valence-electron chi connectivity index (χ2n) is 14.5. The zero-order valence-electron chi connectivity index (χ0n) is 30.6. The number of fused-ring (bicyclic) bond motifs is 7. The summed E-state index contributed by atoms with van der Waals surface area (Å²) < 4.78 is 6.22. The third-order valence-electron chi connectivity index (χ3n) is 11.2. The molecule has 2 nitrogen and oxygen atoms in total. The second-order valence-corrected chi connectivity index (χ2v) is 14.5. The van der Waals surface area contributed by atoms with Gasteiger partial charge in [-0.25, -0.2) is 0 Å². The van der Waals surface area contributed by atoms with E-state index < -0.39 is 0 Å². The Kier molecular flexibility index (Phi) is 7.53. The predicted molar refractivity (Wildman–Crippen MR) is 237 cm³/mol. The number of para-hydroxylation sites is 1. The van der Waals surface area contributed by atoms with Crippen LogP contribution >= 0.6 is 0 Å². The number of benzene rings is 10. The lowest BCUT2D eigenvalue weighted by atomic mass is 9.92. The van der Waals surface area contributed by atoms with Crippen molar-refractivity contribution in [2.24, 2.45) is 0 Å². The summed E-state index contributed by atoms with van der Waals surface area (Å²) in [6.45, 7) is 0. The van der Waals surface area contributed by atoms with Crippen molar-refractivity contribution < 1.29 is 4.42 Å². The Labute approximate surface area is 325 Å². The SMILES string of the molecule is c1ccc(-c2ccc(N(c3ccc(-c4ccc(-c5cc6ccccc6c6ccccc56)cc4)cc3)c3ccc4cc5oc6ccccc6c5cc4c3)cc2)cc1. The molecule has 0 radical (unpaired) electrons. The van der Waals surface area contributed by atoms with Crippen molar-refractivity contribution in [3.8, 4) is 33.4 Å². The standard InChI is InChI=1S/C54H35NO/c1-2-10-36(11-3-1)38-22-27-44(28-23-38)55(46-31-26-41-35-54-52(34-43(41)32-46)50-16-8-9-17-53(50)56-54)45-29-24-39(25-30-45)37-18-20-40(21-19-37)51-33-42-12-4-5-13-47(42)48-14-6-7-15-49(48)51/h1-35H. The van der Waals surface area contributed by atoms with E-state index in [2.05, 4.69) is 205 Å². The Balaban J connectivity index is 0.973. The van der Waals surface area contributed by atoms with Crippen LogP contribution in [-0.4, -0.2) is 0 Å². The van der Waals surface area contributed by atoms with Crippen LogP contribution < -0.4 is 4.90 Å². The van der Waals surface area contributed by atoms with Gasteiger partial charge in [-0.3, -0.25) is 0 Å². The van der Waals surface area contributed by atoms with E-state index in [1.165, 1.54) is 60.3 Å². The maximum atomic E-state index is 6.22. The van der Waals surface area contributed by atoms with Crippen LogP contribution in [0.5, 0.6) is 0 Å². The van der Waals surface area contributed by atoms with Gasteiger partial charge < -0.3 is 9.32 Å². The highest BCUT2D eigenvalue weighted by molar-refractivity contribution is 6.14. The quantitative estimate of drug-likeness (QED) is 0.160. The van der Waals surface area contributed by atoms with E-state index >= 15 is 0 Å². The first kappa shape index (κ1) is 32.0. The lowest BCUT2D eigenvalue weighted by molar-refractivity contribution is 0.669. The van der Waals surface area contributed by atoms with E-state index in [0.717, 1.165) is 44.4 Å². The van der Waals surface area contributed by atoms with E-state index in [0.29, 0.717) is 0 Å². The average molecular weight is 714 g/mol. The maximum absolute atomic E-state index is 6.22. The zero-order valence-corrected chi connectivity index (χ0v) is 30.6. The summed E-state index contributed by atoms with van der Waals surface area (Å²) in [5.41, 5.74) is 12.3. The molecule has 0 bridgehead atoms. The number of anilines is 3. The zero-order chi connectivity index (χ0) is 37.0. The summed E-state index contributed by atoms with van der Waals surface area (Å²) in [6.07, 6.45) is 0. The van der Waals surface area contributed by atoms with Crippen molar-refractivity contribution in [1.82, 2.24) is 0 Å². The van der Waals surface area contributed by atoms with Crippen LogP contribution in [0, 0.1) is 0 Å². The minimum atomic E-state index is 0.911. The molecule has 0 aliphatic heterocycles. The van der Waals surface area contributed by atoms with Crippen LogP contribution in [0.15, 0.2) is 217 Å². The van der Waals surface area contributed by atoms with Crippen molar-refractivity contribution in [3.05, 3.63) is 212 Å². The highest BCUT2D eigenvalue weighted by Gasteiger charge is 2.16. The summed E-state index contributed by atoms with van der Waals surface area (Å²) in [7, 11) is 0. The van der Waals surface area contributed by atoms with Gasteiger partial charge in [0.25, 0.3) is 0 Å². The lowest BCUT2D eigenvalue weighted by Gasteiger charge is -2.26. The molecule has 2 heteroatoms. The molecular formula is C54H35NO. The lowest BCUT2D eigenvalue weighted by Crippen LogP contribution is -2.09. The van der Waals surface area contributed by atoms with Crippen LogP contribution in [0.1, 0.15) is 0 Å². The van der Waals surface area contributed by atoms with Gasteiger partial charge in [0.2, 0.25) is 0 Å². The van der Waals surface area contributed by atoms with Gasteiger partial charge in [-0.1, -0.05) is 152 Å². The largest absolute Gasteiger partial charge is 0.456 e. The molecule has 0 amide bonds. The van der Waals surface area contributed by atoms with Gasteiger partial charge in [-0.15, -0.1) is 0 Å². The van der Waals surface area contributed by atoms with E-state index in [1.807, 2.05) is 12.1 Å². The highest BCUT2D eigenvalue weighted by atomic mass is 16.3. The summed E-state index contributed by atoms with van der Waals surface area (Å²) in [5.74, 6) is 0. The normalized spacial score (nSPS) is 11.6. The molecule has 0 saturated carbocycles. The molecule has 0 saturated heterocycles. The Bertz CT molecular complexity index is 3210. The van der Waals surface area contributed by atoms with E-state index in [4.69, 9.17) is 4.42 Å². The molecule has 10 aromatic carbocycles. The number of hydrogen-bond donors (Lipinski definition) is 0. The molecule has 0 unspecified atom stereocenters. The first-order valence-corrected chi connectivity index (χ1v) is 19.2. The van der Waals surface area contributed by atoms with E-state index in [9.17, 15) is 0 Å².